The summed E-state index contributed by atoms with van der Waals surface area (Å²) < 4.78 is 2.01. The zero-order valence-corrected chi connectivity index (χ0v) is 13.8. The van der Waals surface area contributed by atoms with Crippen LogP contribution in [0.3, 0.4) is 0 Å². The van der Waals surface area contributed by atoms with E-state index in [4.69, 9.17) is 0 Å². The monoisotopic (exact) mass is 325 g/mol. The van der Waals surface area contributed by atoms with Gasteiger partial charge in [0.25, 0.3) is 5.91 Å². The number of amides is 1. The summed E-state index contributed by atoms with van der Waals surface area (Å²) in [5.74, 6) is -0.0284. The first kappa shape index (κ1) is 15.5. The van der Waals surface area contributed by atoms with Crippen molar-refractivity contribution in [3.8, 4) is 5.69 Å². The minimum absolute atomic E-state index is 0.0284. The van der Waals surface area contributed by atoms with Crippen molar-refractivity contribution in [2.24, 2.45) is 0 Å². The van der Waals surface area contributed by atoms with Crippen molar-refractivity contribution in [3.63, 3.8) is 0 Å². The Morgan fingerprint density at radius 3 is 2.61 bits per heavy atom. The van der Waals surface area contributed by atoms with Gasteiger partial charge in [-0.05, 0) is 49.7 Å². The van der Waals surface area contributed by atoms with Crippen LogP contribution in [-0.2, 0) is 6.42 Å². The molecule has 0 atom stereocenters. The van der Waals surface area contributed by atoms with Gasteiger partial charge in [-0.15, -0.1) is 11.3 Å². The van der Waals surface area contributed by atoms with E-state index in [1.807, 2.05) is 60.3 Å². The number of carbonyl (C=O) groups excluding carboxylic acids is 1. The highest BCUT2D eigenvalue weighted by molar-refractivity contribution is 7.09. The van der Waals surface area contributed by atoms with Crippen molar-refractivity contribution in [1.29, 1.82) is 0 Å². The number of thiazole rings is 1. The molecule has 0 aliphatic rings. The molecule has 4 nitrogen and oxygen atoms in total. The van der Waals surface area contributed by atoms with Crippen molar-refractivity contribution < 1.29 is 4.79 Å². The van der Waals surface area contributed by atoms with E-state index in [9.17, 15) is 4.79 Å². The number of aryl methyl sites for hydroxylation is 2. The molecule has 1 N–H and O–H groups in total. The van der Waals surface area contributed by atoms with Gasteiger partial charge >= 0.3 is 0 Å². The molecule has 0 bridgehead atoms. The minimum Gasteiger partial charge on any atom is -0.352 e. The first-order valence-electron chi connectivity index (χ1n) is 7.65. The van der Waals surface area contributed by atoms with E-state index in [-0.39, 0.29) is 5.91 Å². The molecule has 2 aromatic heterocycles. The maximum absolute atomic E-state index is 12.1. The van der Waals surface area contributed by atoms with Crippen LogP contribution in [0.4, 0.5) is 0 Å². The van der Waals surface area contributed by atoms with Gasteiger partial charge in [0, 0.05) is 47.7 Å². The fraction of sp³-hybridized carbons (Fsp3) is 0.222. The maximum atomic E-state index is 12.1. The molecule has 2 heterocycles. The molecule has 0 aliphatic heterocycles. The quantitative estimate of drug-likeness (QED) is 0.704. The molecule has 0 aliphatic carbocycles. The van der Waals surface area contributed by atoms with Gasteiger partial charge in [-0.25, -0.2) is 4.98 Å². The molecule has 5 heteroatoms. The summed E-state index contributed by atoms with van der Waals surface area (Å²) in [6.45, 7) is 2.66. The summed E-state index contributed by atoms with van der Waals surface area (Å²) in [6, 6.07) is 11.6. The topological polar surface area (TPSA) is 46.9 Å². The van der Waals surface area contributed by atoms with Crippen LogP contribution in [0.5, 0.6) is 0 Å². The second kappa shape index (κ2) is 7.24. The average Bonchev–Trinajstić information content (AvgIpc) is 3.23. The van der Waals surface area contributed by atoms with Gasteiger partial charge in [0.2, 0.25) is 0 Å². The lowest BCUT2D eigenvalue weighted by Crippen LogP contribution is -2.24. The Hall–Kier alpha value is -2.40. The van der Waals surface area contributed by atoms with Gasteiger partial charge in [-0.2, -0.15) is 0 Å². The first-order valence-corrected chi connectivity index (χ1v) is 8.53. The fourth-order valence-electron chi connectivity index (χ4n) is 2.35. The van der Waals surface area contributed by atoms with Crippen molar-refractivity contribution >= 4 is 17.2 Å². The Morgan fingerprint density at radius 2 is 1.96 bits per heavy atom. The molecule has 3 aromatic rings. The van der Waals surface area contributed by atoms with Crippen LogP contribution in [0.2, 0.25) is 0 Å². The van der Waals surface area contributed by atoms with Gasteiger partial charge in [0.05, 0.1) is 5.01 Å². The van der Waals surface area contributed by atoms with E-state index in [0.29, 0.717) is 12.1 Å². The number of carbonyl (C=O) groups is 1. The summed E-state index contributed by atoms with van der Waals surface area (Å²) in [4.78, 5) is 16.6. The lowest BCUT2D eigenvalue weighted by molar-refractivity contribution is 0.0953. The zero-order chi connectivity index (χ0) is 16.1. The van der Waals surface area contributed by atoms with Crippen LogP contribution >= 0.6 is 11.3 Å². The lowest BCUT2D eigenvalue weighted by atomic mass is 10.2. The molecule has 0 fully saturated rings. The smallest absolute Gasteiger partial charge is 0.251 e. The molecule has 0 radical (unpaired) electrons. The van der Waals surface area contributed by atoms with E-state index in [1.54, 1.807) is 11.3 Å². The van der Waals surface area contributed by atoms with Gasteiger partial charge in [-0.1, -0.05) is 0 Å². The molecule has 3 rings (SSSR count). The summed E-state index contributed by atoms with van der Waals surface area (Å²) in [7, 11) is 0. The van der Waals surface area contributed by atoms with E-state index < -0.39 is 0 Å². The average molecular weight is 325 g/mol. The van der Waals surface area contributed by atoms with Crippen LogP contribution in [0.15, 0.2) is 54.2 Å². The number of nitrogens with one attached hydrogen (secondary N) is 1. The summed E-state index contributed by atoms with van der Waals surface area (Å²) in [5.41, 5.74) is 2.80. The van der Waals surface area contributed by atoms with Gasteiger partial charge in [0.15, 0.2) is 0 Å². The second-order valence-corrected chi connectivity index (χ2v) is 6.32. The van der Waals surface area contributed by atoms with Crippen LogP contribution in [0, 0.1) is 6.92 Å². The molecule has 1 aromatic carbocycles. The van der Waals surface area contributed by atoms with E-state index >= 15 is 0 Å². The highest BCUT2D eigenvalue weighted by Crippen LogP contribution is 2.11. The minimum atomic E-state index is -0.0284. The third-order valence-electron chi connectivity index (χ3n) is 3.55. The van der Waals surface area contributed by atoms with Crippen LogP contribution < -0.4 is 5.32 Å². The lowest BCUT2D eigenvalue weighted by Gasteiger charge is -2.06. The summed E-state index contributed by atoms with van der Waals surface area (Å²) in [5, 5.41) is 6.15. The van der Waals surface area contributed by atoms with Crippen molar-refractivity contribution in [1.82, 2.24) is 14.9 Å². The predicted molar refractivity (Wildman–Crippen MR) is 93.3 cm³/mol. The number of nitrogens with zero attached hydrogens (tertiary/aromatic N) is 2. The molecule has 0 unspecified atom stereocenters. The molecular formula is C18H19N3OS. The Morgan fingerprint density at radius 1 is 1.22 bits per heavy atom. The number of hydrogen-bond donors (Lipinski definition) is 1. The molecule has 0 spiro atoms. The van der Waals surface area contributed by atoms with E-state index in [2.05, 4.69) is 15.7 Å². The van der Waals surface area contributed by atoms with Gasteiger partial charge < -0.3 is 9.88 Å². The van der Waals surface area contributed by atoms with E-state index in [0.717, 1.165) is 29.2 Å². The fourth-order valence-corrected chi connectivity index (χ4v) is 3.17. The third kappa shape index (κ3) is 4.07. The Labute approximate surface area is 139 Å². The number of hydrogen-bond acceptors (Lipinski definition) is 3. The van der Waals surface area contributed by atoms with E-state index in [1.165, 1.54) is 0 Å². The third-order valence-corrected chi connectivity index (χ3v) is 4.58. The molecule has 118 valence electrons. The number of benzene rings is 1. The van der Waals surface area contributed by atoms with Crippen LogP contribution in [0.1, 0.15) is 27.5 Å². The van der Waals surface area contributed by atoms with Crippen LogP contribution in [-0.4, -0.2) is 22.0 Å². The molecule has 23 heavy (non-hydrogen) atoms. The molecule has 0 saturated carbocycles. The van der Waals surface area contributed by atoms with Crippen LogP contribution in [0.25, 0.3) is 5.69 Å². The second-order valence-electron chi connectivity index (χ2n) is 5.38. The standard InChI is InChI=1S/C18H19N3OS/c1-14-13-23-17(20-14)5-4-10-19-18(22)15-6-8-16(9-7-15)21-11-2-3-12-21/h2-3,6-9,11-13H,4-5,10H2,1H3,(H,19,22). The van der Waals surface area contributed by atoms with Crippen molar-refractivity contribution in [2.45, 2.75) is 19.8 Å². The zero-order valence-electron chi connectivity index (χ0n) is 13.0. The largest absolute Gasteiger partial charge is 0.352 e. The van der Waals surface area contributed by atoms with Crippen molar-refractivity contribution in [2.75, 3.05) is 6.54 Å². The number of rotatable bonds is 6. The Balaban J connectivity index is 1.48. The predicted octanol–water partition coefficient (Wildman–Crippen LogP) is 3.60. The summed E-state index contributed by atoms with van der Waals surface area (Å²) in [6.07, 6.45) is 5.77. The Bertz CT molecular complexity index is 760. The van der Waals surface area contributed by atoms with Gasteiger partial charge in [-0.3, -0.25) is 4.79 Å². The number of aromatic nitrogens is 2. The van der Waals surface area contributed by atoms with Gasteiger partial charge in [0.1, 0.15) is 0 Å². The highest BCUT2D eigenvalue weighted by atomic mass is 32.1. The van der Waals surface area contributed by atoms with Crippen molar-refractivity contribution in [3.05, 3.63) is 70.4 Å². The first-order chi connectivity index (χ1) is 11.2. The summed E-state index contributed by atoms with van der Waals surface area (Å²) >= 11 is 1.68. The normalized spacial score (nSPS) is 10.7. The Kier molecular flexibility index (Phi) is 4.88. The molecule has 0 saturated heterocycles. The highest BCUT2D eigenvalue weighted by Gasteiger charge is 2.05. The maximum Gasteiger partial charge on any atom is 0.251 e. The SMILES string of the molecule is Cc1csc(CCCNC(=O)c2ccc(-n3cccc3)cc2)n1. The molecular weight excluding hydrogens is 306 g/mol. The molecule has 1 amide bonds.